The quantitative estimate of drug-likeness (QED) is 0.527. The number of sulfonamides is 1. The van der Waals surface area contributed by atoms with Gasteiger partial charge >= 0.3 is 6.18 Å². The number of nitrogens with one attached hydrogen (secondary N) is 2. The number of carbonyl (C=O) groups excluding carboxylic acids is 2. The number of ketones is 1. The molecular weight excluding hydrogens is 439 g/mol. The lowest BCUT2D eigenvalue weighted by Gasteiger charge is -2.12. The zero-order valence-electron chi connectivity index (χ0n) is 16.4. The summed E-state index contributed by atoms with van der Waals surface area (Å²) in [5.41, 5.74) is 0.474. The van der Waals surface area contributed by atoms with Crippen LogP contribution in [0.3, 0.4) is 0 Å². The third-order valence-corrected chi connectivity index (χ3v) is 5.35. The van der Waals surface area contributed by atoms with Crippen LogP contribution in [0.1, 0.15) is 29.3 Å². The molecule has 2 N–H and O–H groups in total. The predicted molar refractivity (Wildman–Crippen MR) is 104 cm³/mol. The third-order valence-electron chi connectivity index (χ3n) is 3.89. The van der Waals surface area contributed by atoms with Crippen molar-refractivity contribution < 1.29 is 35.9 Å². The van der Waals surface area contributed by atoms with E-state index in [0.29, 0.717) is 0 Å². The van der Waals surface area contributed by atoms with Crippen LogP contribution < -0.4 is 14.8 Å². The number of pyridine rings is 1. The van der Waals surface area contributed by atoms with E-state index >= 15 is 0 Å². The van der Waals surface area contributed by atoms with Crippen LogP contribution in [0.4, 0.5) is 13.2 Å². The second kappa shape index (κ2) is 10.4. The van der Waals surface area contributed by atoms with Gasteiger partial charge in [-0.1, -0.05) is 18.2 Å². The number of alkyl halides is 3. The van der Waals surface area contributed by atoms with Gasteiger partial charge in [-0.3, -0.25) is 9.59 Å². The van der Waals surface area contributed by atoms with Crippen LogP contribution in [0.25, 0.3) is 0 Å². The molecule has 2 aromatic rings. The maximum absolute atomic E-state index is 12.3. The van der Waals surface area contributed by atoms with E-state index in [1.54, 1.807) is 0 Å². The minimum atomic E-state index is -4.53. The van der Waals surface area contributed by atoms with Gasteiger partial charge in [0.15, 0.2) is 12.4 Å². The molecule has 0 aliphatic rings. The first-order valence-electron chi connectivity index (χ1n) is 8.99. The molecule has 0 aliphatic heterocycles. The van der Waals surface area contributed by atoms with Crippen molar-refractivity contribution in [2.24, 2.45) is 0 Å². The zero-order chi connectivity index (χ0) is 23.1. The van der Waals surface area contributed by atoms with Crippen LogP contribution in [0, 0.1) is 0 Å². The molecule has 168 valence electrons. The first-order valence-corrected chi connectivity index (χ1v) is 10.5. The van der Waals surface area contributed by atoms with E-state index in [1.165, 1.54) is 49.5 Å². The lowest BCUT2D eigenvalue weighted by atomic mass is 10.2. The van der Waals surface area contributed by atoms with Crippen LogP contribution in [0.2, 0.25) is 0 Å². The van der Waals surface area contributed by atoms with Crippen molar-refractivity contribution in [2.45, 2.75) is 31.0 Å². The first-order chi connectivity index (χ1) is 14.5. The summed E-state index contributed by atoms with van der Waals surface area (Å²) >= 11 is 0. The molecule has 31 heavy (non-hydrogen) atoms. The lowest BCUT2D eigenvalue weighted by Crippen LogP contribution is -2.31. The highest BCUT2D eigenvalue weighted by atomic mass is 32.2. The molecule has 1 heterocycles. The summed E-state index contributed by atoms with van der Waals surface area (Å²) in [7, 11) is -3.93. The van der Waals surface area contributed by atoms with Crippen LogP contribution in [0.5, 0.6) is 5.88 Å². The topological polar surface area (TPSA) is 114 Å². The molecule has 0 bridgehead atoms. The van der Waals surface area contributed by atoms with Crippen LogP contribution in [-0.2, 0) is 21.4 Å². The summed E-state index contributed by atoms with van der Waals surface area (Å²) in [6.07, 6.45) is -3.49. The van der Waals surface area contributed by atoms with Gasteiger partial charge in [0, 0.05) is 36.8 Å². The van der Waals surface area contributed by atoms with Crippen molar-refractivity contribution in [3.63, 3.8) is 0 Å². The van der Waals surface area contributed by atoms with E-state index in [9.17, 15) is 31.2 Å². The summed E-state index contributed by atoms with van der Waals surface area (Å²) in [6.45, 7) is -0.570. The van der Waals surface area contributed by atoms with Gasteiger partial charge in [-0.25, -0.2) is 18.1 Å². The average Bonchev–Trinajstić information content (AvgIpc) is 2.70. The standard InChI is InChI=1S/C19H20F3N3O5S/c1-13(26)14-4-2-6-16(10-14)31(28,29)25-9-7-17(27)24-11-15-5-3-8-23-18(15)30-12-19(20,21)22/h2-6,8,10,25H,7,9,11-12H2,1H3,(H,24,27). The number of hydrogen-bond acceptors (Lipinski definition) is 6. The fraction of sp³-hybridized carbons (Fsp3) is 0.316. The minimum absolute atomic E-state index is 0.109. The van der Waals surface area contributed by atoms with Gasteiger partial charge in [-0.15, -0.1) is 0 Å². The Kier molecular flexibility index (Phi) is 8.11. The molecule has 0 unspecified atom stereocenters. The van der Waals surface area contributed by atoms with E-state index in [0.717, 1.165) is 0 Å². The Morgan fingerprint density at radius 1 is 1.16 bits per heavy atom. The van der Waals surface area contributed by atoms with E-state index < -0.39 is 28.7 Å². The van der Waals surface area contributed by atoms with Crippen molar-refractivity contribution in [3.8, 4) is 5.88 Å². The highest BCUT2D eigenvalue weighted by molar-refractivity contribution is 7.89. The van der Waals surface area contributed by atoms with Gasteiger partial charge in [0.2, 0.25) is 21.8 Å². The number of nitrogens with zero attached hydrogens (tertiary/aromatic N) is 1. The van der Waals surface area contributed by atoms with Gasteiger partial charge in [0.05, 0.1) is 4.90 Å². The van der Waals surface area contributed by atoms with Crippen molar-refractivity contribution in [1.82, 2.24) is 15.0 Å². The van der Waals surface area contributed by atoms with Crippen molar-refractivity contribution in [1.29, 1.82) is 0 Å². The molecule has 1 amide bonds. The van der Waals surface area contributed by atoms with E-state index in [-0.39, 0.29) is 47.2 Å². The first kappa shape index (κ1) is 24.3. The maximum Gasteiger partial charge on any atom is 0.422 e. The Bertz CT molecular complexity index is 1040. The van der Waals surface area contributed by atoms with E-state index in [4.69, 9.17) is 0 Å². The zero-order valence-corrected chi connectivity index (χ0v) is 17.2. The molecule has 0 radical (unpaired) electrons. The third kappa shape index (κ3) is 7.98. The molecule has 2 rings (SSSR count). The van der Waals surface area contributed by atoms with Crippen LogP contribution >= 0.6 is 0 Å². The lowest BCUT2D eigenvalue weighted by molar-refractivity contribution is -0.154. The van der Waals surface area contributed by atoms with Gasteiger partial charge in [0.25, 0.3) is 0 Å². The largest absolute Gasteiger partial charge is 0.468 e. The highest BCUT2D eigenvalue weighted by Gasteiger charge is 2.29. The normalized spacial score (nSPS) is 11.7. The summed E-state index contributed by atoms with van der Waals surface area (Å²) in [6, 6.07) is 8.40. The Morgan fingerprint density at radius 2 is 1.90 bits per heavy atom. The average molecular weight is 459 g/mol. The Hall–Kier alpha value is -2.99. The minimum Gasteiger partial charge on any atom is -0.468 e. The second-order valence-corrected chi connectivity index (χ2v) is 8.15. The van der Waals surface area contributed by atoms with Crippen molar-refractivity contribution >= 4 is 21.7 Å². The van der Waals surface area contributed by atoms with E-state index in [1.807, 2.05) is 0 Å². The van der Waals surface area contributed by atoms with Gasteiger partial charge in [0.1, 0.15) is 0 Å². The number of hydrogen-bond donors (Lipinski definition) is 2. The number of rotatable bonds is 10. The number of Topliss-reactive ketones (excluding diaryl/α,β-unsaturated/α-hetero) is 1. The fourth-order valence-corrected chi connectivity index (χ4v) is 3.46. The molecule has 12 heteroatoms. The predicted octanol–water partition coefficient (Wildman–Crippen LogP) is 2.21. The van der Waals surface area contributed by atoms with Crippen LogP contribution in [-0.4, -0.2) is 44.4 Å². The number of carbonyl (C=O) groups is 2. The van der Waals surface area contributed by atoms with Crippen molar-refractivity contribution in [2.75, 3.05) is 13.2 Å². The van der Waals surface area contributed by atoms with Gasteiger partial charge < -0.3 is 10.1 Å². The number of aromatic nitrogens is 1. The van der Waals surface area contributed by atoms with E-state index in [2.05, 4.69) is 19.8 Å². The highest BCUT2D eigenvalue weighted by Crippen LogP contribution is 2.20. The number of ether oxygens (including phenoxy) is 1. The second-order valence-electron chi connectivity index (χ2n) is 6.38. The number of benzene rings is 1. The van der Waals surface area contributed by atoms with Gasteiger partial charge in [-0.2, -0.15) is 13.2 Å². The summed E-state index contributed by atoms with van der Waals surface area (Å²) in [5.74, 6) is -1.08. The smallest absolute Gasteiger partial charge is 0.422 e. The molecule has 0 saturated carbocycles. The fourth-order valence-electron chi connectivity index (χ4n) is 2.39. The summed E-state index contributed by atoms with van der Waals surface area (Å²) < 4.78 is 68.4. The Morgan fingerprint density at radius 3 is 2.58 bits per heavy atom. The molecule has 0 saturated heterocycles. The summed E-state index contributed by atoms with van der Waals surface area (Å²) in [4.78, 5) is 27.0. The number of amides is 1. The Labute approximate surface area is 176 Å². The SMILES string of the molecule is CC(=O)c1cccc(S(=O)(=O)NCCC(=O)NCc2cccnc2OCC(F)(F)F)c1. The molecule has 1 aromatic carbocycles. The molecule has 0 aliphatic carbocycles. The van der Waals surface area contributed by atoms with Gasteiger partial charge in [-0.05, 0) is 25.1 Å². The summed E-state index contributed by atoms with van der Waals surface area (Å²) in [5, 5.41) is 2.47. The maximum atomic E-state index is 12.3. The molecule has 8 nitrogen and oxygen atoms in total. The van der Waals surface area contributed by atoms with Crippen molar-refractivity contribution in [3.05, 3.63) is 53.7 Å². The molecule has 0 spiro atoms. The molecule has 1 aromatic heterocycles. The monoisotopic (exact) mass is 459 g/mol. The number of halogens is 3. The molecule has 0 fully saturated rings. The molecular formula is C19H20F3N3O5S. The van der Waals surface area contributed by atoms with Crippen LogP contribution in [0.15, 0.2) is 47.5 Å². The Balaban J connectivity index is 1.86. The molecule has 0 atom stereocenters.